The number of primary amides is 1. The van der Waals surface area contributed by atoms with Gasteiger partial charge in [-0.2, -0.15) is 10.4 Å². The number of benzene rings is 1. The maximum atomic E-state index is 13.9. The molecule has 0 aliphatic heterocycles. The quantitative estimate of drug-likeness (QED) is 0.284. The minimum absolute atomic E-state index is 0.0192. The summed E-state index contributed by atoms with van der Waals surface area (Å²) in [5.41, 5.74) is 5.58. The topological polar surface area (TPSA) is 149 Å². The van der Waals surface area contributed by atoms with E-state index in [9.17, 15) is 18.8 Å². The Bertz CT molecular complexity index is 1150. The summed E-state index contributed by atoms with van der Waals surface area (Å²) in [5, 5.41) is 12.3. The molecule has 10 nitrogen and oxygen atoms in total. The molecule has 1 aromatic carbocycles. The van der Waals surface area contributed by atoms with Crippen molar-refractivity contribution in [2.45, 2.75) is 19.9 Å². The van der Waals surface area contributed by atoms with Crippen LogP contribution in [-0.4, -0.2) is 22.3 Å². The first kappa shape index (κ1) is 23.7. The summed E-state index contributed by atoms with van der Waals surface area (Å²) < 4.78 is 24.7. The molecule has 3 N–H and O–H groups in total. The average molecular weight is 470 g/mol. The molecule has 0 unspecified atom stereocenters. The first-order valence-electron chi connectivity index (χ1n) is 8.37. The van der Waals surface area contributed by atoms with Crippen molar-refractivity contribution in [3.05, 3.63) is 50.6 Å². The fraction of sp³-hybridized carbons (Fsp3) is 0.167. The Kier molecular flexibility index (Phi) is 7.57. The van der Waals surface area contributed by atoms with Crippen molar-refractivity contribution in [1.82, 2.24) is 4.57 Å². The molecule has 31 heavy (non-hydrogen) atoms. The summed E-state index contributed by atoms with van der Waals surface area (Å²) >= 11 is 12.3. The zero-order valence-corrected chi connectivity index (χ0v) is 17.5. The molecular weight excluding hydrogens is 456 g/mol. The second kappa shape index (κ2) is 9.92. The minimum atomic E-state index is -1.40. The molecule has 0 radical (unpaired) electrons. The number of rotatable bonds is 6. The number of carbonyl (C=O) groups excluding carboxylic acids is 2. The number of nitrogens with zero attached hydrogens (tertiary/aromatic N) is 3. The Morgan fingerprint density at radius 1 is 1.29 bits per heavy atom. The second-order valence-electron chi connectivity index (χ2n) is 6.09. The van der Waals surface area contributed by atoms with E-state index >= 15 is 0 Å². The lowest BCUT2D eigenvalue weighted by Crippen LogP contribution is -2.24. The molecule has 162 valence electrons. The van der Waals surface area contributed by atoms with Crippen LogP contribution in [0.2, 0.25) is 10.0 Å². The van der Waals surface area contributed by atoms with Gasteiger partial charge in [-0.05, 0) is 26.0 Å². The summed E-state index contributed by atoms with van der Waals surface area (Å²) in [5.74, 6) is -2.44. The summed E-state index contributed by atoms with van der Waals surface area (Å²) in [6.45, 7) is 3.39. The highest BCUT2D eigenvalue weighted by atomic mass is 35.5. The number of carbonyl (C=O) groups is 2. The number of nitrogens with one attached hydrogen (secondary N) is 1. The molecule has 2 rings (SSSR count). The van der Waals surface area contributed by atoms with Gasteiger partial charge in [0.15, 0.2) is 11.6 Å². The minimum Gasteiger partial charge on any atom is -0.453 e. The lowest BCUT2D eigenvalue weighted by Gasteiger charge is -2.15. The van der Waals surface area contributed by atoms with E-state index in [0.717, 1.165) is 10.6 Å². The van der Waals surface area contributed by atoms with Crippen LogP contribution in [0.5, 0.6) is 11.5 Å². The van der Waals surface area contributed by atoms with E-state index in [1.165, 1.54) is 24.4 Å². The summed E-state index contributed by atoms with van der Waals surface area (Å²) in [6, 6.07) is 4.57. The molecule has 0 aliphatic rings. The van der Waals surface area contributed by atoms with Crippen LogP contribution in [0.3, 0.4) is 0 Å². The Morgan fingerprint density at radius 3 is 2.42 bits per heavy atom. The van der Waals surface area contributed by atoms with Crippen molar-refractivity contribution in [2.75, 3.05) is 5.43 Å². The number of nitrogens with two attached hydrogens (primary N) is 1. The standard InChI is InChI=1S/C18H14Cl2FN5O5/c1-8(2)26-7-10(5-13(21)16(26)27)30-15-11(19)3-9(4-12(15)20)24-25-14(6-22)17(28)31-18(23)29/h3-5,7-8,24H,1-2H3,(H2,23,29). The van der Waals surface area contributed by atoms with Gasteiger partial charge in [0, 0.05) is 12.1 Å². The average Bonchev–Trinajstić information content (AvgIpc) is 2.67. The van der Waals surface area contributed by atoms with Crippen molar-refractivity contribution in [3.63, 3.8) is 0 Å². The number of aromatic nitrogens is 1. The third-order valence-corrected chi connectivity index (χ3v) is 4.10. The van der Waals surface area contributed by atoms with Gasteiger partial charge in [0.2, 0.25) is 5.71 Å². The molecule has 0 aliphatic carbocycles. The van der Waals surface area contributed by atoms with Gasteiger partial charge in [-0.3, -0.25) is 10.2 Å². The van der Waals surface area contributed by atoms with Crippen molar-refractivity contribution < 1.29 is 23.5 Å². The van der Waals surface area contributed by atoms with Gasteiger partial charge in [-0.1, -0.05) is 23.2 Å². The number of ether oxygens (including phenoxy) is 2. The maximum absolute atomic E-state index is 13.9. The number of pyridine rings is 1. The number of hydrogen-bond acceptors (Lipinski definition) is 8. The SMILES string of the molecule is CC(C)n1cc(Oc2c(Cl)cc(NN=C(C#N)C(=O)OC(N)=O)cc2Cl)cc(F)c1=O. The first-order chi connectivity index (χ1) is 14.5. The molecule has 0 saturated carbocycles. The van der Waals surface area contributed by atoms with E-state index < -0.39 is 29.2 Å². The number of halogens is 3. The fourth-order valence-electron chi connectivity index (χ4n) is 2.20. The van der Waals surface area contributed by atoms with Crippen LogP contribution in [0.25, 0.3) is 0 Å². The molecule has 1 heterocycles. The molecule has 0 bridgehead atoms. The van der Waals surface area contributed by atoms with E-state index in [4.69, 9.17) is 38.9 Å². The van der Waals surface area contributed by atoms with Crippen molar-refractivity contribution in [2.24, 2.45) is 10.8 Å². The Morgan fingerprint density at radius 2 is 1.90 bits per heavy atom. The third-order valence-electron chi connectivity index (χ3n) is 3.54. The van der Waals surface area contributed by atoms with Gasteiger partial charge in [0.1, 0.15) is 11.8 Å². The van der Waals surface area contributed by atoms with Crippen LogP contribution < -0.4 is 21.5 Å². The monoisotopic (exact) mass is 469 g/mol. The molecule has 0 saturated heterocycles. The second-order valence-corrected chi connectivity index (χ2v) is 6.91. The summed E-state index contributed by atoms with van der Waals surface area (Å²) in [4.78, 5) is 33.9. The Hall–Kier alpha value is -3.62. The highest BCUT2D eigenvalue weighted by Crippen LogP contribution is 2.39. The van der Waals surface area contributed by atoms with Gasteiger partial charge >= 0.3 is 12.1 Å². The smallest absolute Gasteiger partial charge is 0.412 e. The number of hydrogen-bond donors (Lipinski definition) is 2. The first-order valence-corrected chi connectivity index (χ1v) is 9.13. The molecule has 1 aromatic heterocycles. The molecule has 0 fully saturated rings. The number of nitriles is 1. The van der Waals surface area contributed by atoms with Crippen molar-refractivity contribution in [1.29, 1.82) is 5.26 Å². The lowest BCUT2D eigenvalue weighted by molar-refractivity contribution is -0.129. The van der Waals surface area contributed by atoms with Gasteiger partial charge in [0.05, 0.1) is 21.9 Å². The van der Waals surface area contributed by atoms with E-state index in [1.807, 2.05) is 0 Å². The van der Waals surface area contributed by atoms with Crippen LogP contribution >= 0.6 is 23.2 Å². The van der Waals surface area contributed by atoms with E-state index in [1.54, 1.807) is 13.8 Å². The van der Waals surface area contributed by atoms with Gasteiger partial charge in [-0.25, -0.2) is 14.0 Å². The van der Waals surface area contributed by atoms with Gasteiger partial charge in [-0.15, -0.1) is 0 Å². The number of anilines is 1. The van der Waals surface area contributed by atoms with Crippen molar-refractivity contribution in [3.8, 4) is 17.6 Å². The van der Waals surface area contributed by atoms with E-state index in [-0.39, 0.29) is 33.3 Å². The van der Waals surface area contributed by atoms with Crippen LogP contribution in [0, 0.1) is 17.1 Å². The predicted molar refractivity (Wildman–Crippen MR) is 110 cm³/mol. The van der Waals surface area contributed by atoms with E-state index in [2.05, 4.69) is 15.3 Å². The zero-order valence-electron chi connectivity index (χ0n) is 16.0. The molecule has 13 heteroatoms. The van der Waals surface area contributed by atoms with E-state index in [0.29, 0.717) is 0 Å². The van der Waals surface area contributed by atoms with Crippen LogP contribution in [0.4, 0.5) is 14.9 Å². The zero-order chi connectivity index (χ0) is 23.3. The molecule has 0 spiro atoms. The normalized spacial score (nSPS) is 11.1. The highest BCUT2D eigenvalue weighted by Gasteiger charge is 2.17. The molecule has 2 aromatic rings. The predicted octanol–water partition coefficient (Wildman–Crippen LogP) is 3.58. The number of amides is 1. The van der Waals surface area contributed by atoms with Crippen LogP contribution in [-0.2, 0) is 9.53 Å². The van der Waals surface area contributed by atoms with Gasteiger partial charge < -0.3 is 19.8 Å². The highest BCUT2D eigenvalue weighted by molar-refractivity contribution is 6.44. The Balaban J connectivity index is 2.30. The summed E-state index contributed by atoms with van der Waals surface area (Å²) in [7, 11) is 0. The van der Waals surface area contributed by atoms with Crippen molar-refractivity contribution >= 4 is 46.7 Å². The summed E-state index contributed by atoms with van der Waals surface area (Å²) in [6.07, 6.45) is -0.0938. The maximum Gasteiger partial charge on any atom is 0.412 e. The lowest BCUT2D eigenvalue weighted by atomic mass is 10.3. The largest absolute Gasteiger partial charge is 0.453 e. The third kappa shape index (κ3) is 5.94. The Labute approximate surface area is 184 Å². The van der Waals surface area contributed by atoms with Crippen LogP contribution in [0.15, 0.2) is 34.3 Å². The number of esters is 1. The molecule has 0 atom stereocenters. The fourth-order valence-corrected chi connectivity index (χ4v) is 2.76. The number of hydrazone groups is 1. The molecule has 1 amide bonds. The molecular formula is C18H14Cl2FN5O5. The van der Waals surface area contributed by atoms with Gasteiger partial charge in [0.25, 0.3) is 5.56 Å². The van der Waals surface area contributed by atoms with Crippen LogP contribution in [0.1, 0.15) is 19.9 Å².